The van der Waals surface area contributed by atoms with Crippen molar-refractivity contribution in [2.75, 3.05) is 0 Å². The van der Waals surface area contributed by atoms with Crippen LogP contribution in [0.4, 0.5) is 4.39 Å². The van der Waals surface area contributed by atoms with Crippen LogP contribution in [0.1, 0.15) is 11.1 Å². The van der Waals surface area contributed by atoms with Crippen molar-refractivity contribution in [1.29, 1.82) is 0 Å². The van der Waals surface area contributed by atoms with Crippen molar-refractivity contribution in [3.8, 4) is 11.6 Å². The summed E-state index contributed by atoms with van der Waals surface area (Å²) in [6, 6.07) is 6.21. The van der Waals surface area contributed by atoms with Crippen LogP contribution in [0.25, 0.3) is 0 Å². The topological polar surface area (TPSA) is 48.1 Å². The maximum absolute atomic E-state index is 13.8. The fourth-order valence-electron chi connectivity index (χ4n) is 1.58. The zero-order valence-electron chi connectivity index (χ0n) is 9.98. The Morgan fingerprint density at radius 3 is 2.84 bits per heavy atom. The van der Waals surface area contributed by atoms with Crippen molar-refractivity contribution in [1.82, 2.24) is 4.98 Å². The molecule has 98 valence electrons. The predicted molar refractivity (Wildman–Crippen MR) is 76.3 cm³/mol. The number of ether oxygens (including phenoxy) is 1. The Labute approximate surface area is 120 Å². The summed E-state index contributed by atoms with van der Waals surface area (Å²) >= 11 is 10.6. The second-order valence-corrected chi connectivity index (χ2v) is 4.67. The van der Waals surface area contributed by atoms with Gasteiger partial charge in [0, 0.05) is 6.20 Å². The van der Waals surface area contributed by atoms with Crippen LogP contribution in [0, 0.1) is 12.7 Å². The summed E-state index contributed by atoms with van der Waals surface area (Å²) in [5.74, 6) is -0.516. The molecule has 0 unspecified atom stereocenters. The van der Waals surface area contributed by atoms with E-state index >= 15 is 0 Å². The number of nitrogens with two attached hydrogens (primary N) is 1. The molecule has 6 heteroatoms. The first kappa shape index (κ1) is 13.7. The van der Waals surface area contributed by atoms with E-state index in [0.29, 0.717) is 5.56 Å². The molecule has 19 heavy (non-hydrogen) atoms. The normalized spacial score (nSPS) is 10.3. The Morgan fingerprint density at radius 2 is 2.16 bits per heavy atom. The smallest absolute Gasteiger partial charge is 0.229 e. The number of halogens is 2. The van der Waals surface area contributed by atoms with Gasteiger partial charge in [0.25, 0.3) is 0 Å². The largest absolute Gasteiger partial charge is 0.435 e. The first-order chi connectivity index (χ1) is 9.00. The molecule has 1 heterocycles. The molecule has 2 rings (SSSR count). The molecule has 0 amide bonds. The van der Waals surface area contributed by atoms with Gasteiger partial charge < -0.3 is 10.5 Å². The minimum atomic E-state index is -0.652. The van der Waals surface area contributed by atoms with Gasteiger partial charge in [0.1, 0.15) is 4.99 Å². The molecule has 2 N–H and O–H groups in total. The van der Waals surface area contributed by atoms with E-state index in [1.54, 1.807) is 12.1 Å². The number of thiocarbonyl (C=S) groups is 1. The SMILES string of the molecule is Cc1ccnc(Oc2cccc(Cl)c2F)c1C(N)=S. The third kappa shape index (κ3) is 2.83. The summed E-state index contributed by atoms with van der Waals surface area (Å²) in [7, 11) is 0. The zero-order valence-corrected chi connectivity index (χ0v) is 11.6. The molecule has 0 aliphatic carbocycles. The Morgan fingerprint density at radius 1 is 1.42 bits per heavy atom. The summed E-state index contributed by atoms with van der Waals surface area (Å²) in [5.41, 5.74) is 6.92. The van der Waals surface area contributed by atoms with Gasteiger partial charge in [-0.15, -0.1) is 0 Å². The number of benzene rings is 1. The molecular formula is C13H10ClFN2OS. The number of hydrogen-bond acceptors (Lipinski definition) is 3. The molecule has 0 aliphatic heterocycles. The van der Waals surface area contributed by atoms with Gasteiger partial charge >= 0.3 is 0 Å². The van der Waals surface area contributed by atoms with Crippen molar-refractivity contribution in [2.24, 2.45) is 5.73 Å². The Bertz CT molecular complexity index is 649. The summed E-state index contributed by atoms with van der Waals surface area (Å²) in [4.78, 5) is 4.17. The quantitative estimate of drug-likeness (QED) is 0.879. The summed E-state index contributed by atoms with van der Waals surface area (Å²) in [6.07, 6.45) is 1.54. The van der Waals surface area contributed by atoms with Gasteiger partial charge in [-0.25, -0.2) is 9.37 Å². The number of nitrogens with zero attached hydrogens (tertiary/aromatic N) is 1. The molecule has 2 aromatic rings. The number of aromatic nitrogens is 1. The van der Waals surface area contributed by atoms with E-state index in [-0.39, 0.29) is 21.6 Å². The van der Waals surface area contributed by atoms with Crippen LogP contribution in [0.2, 0.25) is 5.02 Å². The highest BCUT2D eigenvalue weighted by Crippen LogP contribution is 2.30. The molecule has 0 bridgehead atoms. The van der Waals surface area contributed by atoms with E-state index in [4.69, 9.17) is 34.3 Å². The molecule has 0 fully saturated rings. The van der Waals surface area contributed by atoms with E-state index in [9.17, 15) is 4.39 Å². The van der Waals surface area contributed by atoms with Gasteiger partial charge in [-0.05, 0) is 30.7 Å². The highest BCUT2D eigenvalue weighted by molar-refractivity contribution is 7.80. The van der Waals surface area contributed by atoms with Crippen molar-refractivity contribution in [3.05, 3.63) is 52.4 Å². The highest BCUT2D eigenvalue weighted by atomic mass is 35.5. The van der Waals surface area contributed by atoms with E-state index in [1.165, 1.54) is 18.3 Å². The van der Waals surface area contributed by atoms with Crippen LogP contribution in [0.15, 0.2) is 30.5 Å². The maximum atomic E-state index is 13.8. The van der Waals surface area contributed by atoms with Gasteiger partial charge in [0.15, 0.2) is 11.6 Å². The molecule has 0 spiro atoms. The first-order valence-corrected chi connectivity index (χ1v) is 6.16. The number of aryl methyl sites for hydroxylation is 1. The molecule has 0 saturated carbocycles. The van der Waals surface area contributed by atoms with Crippen LogP contribution in [0.5, 0.6) is 11.6 Å². The average Bonchev–Trinajstić information content (AvgIpc) is 2.34. The standard InChI is InChI=1S/C13H10ClFN2OS/c1-7-5-6-17-13(10(7)12(16)19)18-9-4-2-3-8(14)11(9)15/h2-6H,1H3,(H2,16,19). The zero-order chi connectivity index (χ0) is 14.0. The third-order valence-electron chi connectivity index (χ3n) is 2.49. The number of pyridine rings is 1. The van der Waals surface area contributed by atoms with Gasteiger partial charge in [-0.2, -0.15) is 0 Å². The molecule has 3 nitrogen and oxygen atoms in total. The third-order valence-corrected chi connectivity index (χ3v) is 2.99. The van der Waals surface area contributed by atoms with Crippen LogP contribution in [-0.2, 0) is 0 Å². The van der Waals surface area contributed by atoms with Crippen LogP contribution < -0.4 is 10.5 Å². The van der Waals surface area contributed by atoms with Gasteiger partial charge in [-0.1, -0.05) is 29.9 Å². The van der Waals surface area contributed by atoms with Crippen LogP contribution in [0.3, 0.4) is 0 Å². The van der Waals surface area contributed by atoms with E-state index in [2.05, 4.69) is 4.98 Å². The van der Waals surface area contributed by atoms with Crippen LogP contribution >= 0.6 is 23.8 Å². The van der Waals surface area contributed by atoms with E-state index in [0.717, 1.165) is 5.56 Å². The van der Waals surface area contributed by atoms with Crippen molar-refractivity contribution in [3.63, 3.8) is 0 Å². The predicted octanol–water partition coefficient (Wildman–Crippen LogP) is 3.61. The summed E-state index contributed by atoms with van der Waals surface area (Å²) in [6.45, 7) is 1.82. The molecule has 1 aromatic heterocycles. The van der Waals surface area contributed by atoms with Gasteiger partial charge in [-0.3, -0.25) is 0 Å². The van der Waals surface area contributed by atoms with Crippen molar-refractivity contribution >= 4 is 28.8 Å². The number of rotatable bonds is 3. The summed E-state index contributed by atoms with van der Waals surface area (Å²) in [5, 5.41) is -0.0259. The molecular weight excluding hydrogens is 287 g/mol. The van der Waals surface area contributed by atoms with E-state index in [1.807, 2.05) is 6.92 Å². The fourth-order valence-corrected chi connectivity index (χ4v) is 1.99. The average molecular weight is 297 g/mol. The molecule has 0 saturated heterocycles. The van der Waals surface area contributed by atoms with E-state index < -0.39 is 5.82 Å². The lowest BCUT2D eigenvalue weighted by Gasteiger charge is -2.11. The van der Waals surface area contributed by atoms with Crippen molar-refractivity contribution < 1.29 is 9.13 Å². The lowest BCUT2D eigenvalue weighted by Crippen LogP contribution is -2.13. The first-order valence-electron chi connectivity index (χ1n) is 5.38. The highest BCUT2D eigenvalue weighted by Gasteiger charge is 2.15. The second-order valence-electron chi connectivity index (χ2n) is 3.83. The van der Waals surface area contributed by atoms with Crippen molar-refractivity contribution in [2.45, 2.75) is 6.92 Å². The minimum Gasteiger partial charge on any atom is -0.435 e. The number of hydrogen-bond donors (Lipinski definition) is 1. The Hall–Kier alpha value is -1.72. The second kappa shape index (κ2) is 5.50. The molecule has 0 radical (unpaired) electrons. The van der Waals surface area contributed by atoms with Gasteiger partial charge in [0.2, 0.25) is 5.88 Å². The lowest BCUT2D eigenvalue weighted by molar-refractivity contribution is 0.426. The summed E-state index contributed by atoms with van der Waals surface area (Å²) < 4.78 is 19.2. The Kier molecular flexibility index (Phi) is 3.97. The molecule has 0 atom stereocenters. The molecule has 0 aliphatic rings. The minimum absolute atomic E-state index is 0.0249. The van der Waals surface area contributed by atoms with Gasteiger partial charge in [0.05, 0.1) is 10.6 Å². The monoisotopic (exact) mass is 296 g/mol. The van der Waals surface area contributed by atoms with Crippen LogP contribution in [-0.4, -0.2) is 9.97 Å². The molecule has 1 aromatic carbocycles. The maximum Gasteiger partial charge on any atom is 0.229 e. The lowest BCUT2D eigenvalue weighted by atomic mass is 10.1. The fraction of sp³-hybridized carbons (Fsp3) is 0.0769. The Balaban J connectivity index is 2.47.